The van der Waals surface area contributed by atoms with E-state index in [1.165, 1.54) is 5.56 Å². The summed E-state index contributed by atoms with van der Waals surface area (Å²) < 4.78 is 13.4. The van der Waals surface area contributed by atoms with E-state index < -0.39 is 24.4 Å². The summed E-state index contributed by atoms with van der Waals surface area (Å²) in [4.78, 5) is 38.5. The van der Waals surface area contributed by atoms with E-state index in [1.807, 2.05) is 24.3 Å². The number of aryl methyl sites for hydroxylation is 1. The second-order valence-corrected chi connectivity index (χ2v) is 7.55. The number of ether oxygens (including phenoxy) is 1. The van der Waals surface area contributed by atoms with Gasteiger partial charge in [0.1, 0.15) is 11.0 Å². The summed E-state index contributed by atoms with van der Waals surface area (Å²) >= 11 is 1.06. The number of nitrogens with one attached hydrogen (secondary N) is 1. The molecule has 9 heteroatoms. The third kappa shape index (κ3) is 4.16. The first-order valence-electron chi connectivity index (χ1n) is 9.62. The second-order valence-electron chi connectivity index (χ2n) is 7.02. The van der Waals surface area contributed by atoms with Gasteiger partial charge in [-0.3, -0.25) is 14.4 Å². The van der Waals surface area contributed by atoms with E-state index in [-0.39, 0.29) is 18.9 Å². The van der Waals surface area contributed by atoms with Crippen molar-refractivity contribution >= 4 is 51.9 Å². The van der Waals surface area contributed by atoms with Crippen LogP contribution in [0, 0.1) is 5.92 Å². The summed E-state index contributed by atoms with van der Waals surface area (Å²) in [6.07, 6.45) is 0.985. The Labute approximate surface area is 177 Å². The molecule has 0 aliphatic carbocycles. The van der Waals surface area contributed by atoms with Crippen LogP contribution in [0.2, 0.25) is 0 Å². The predicted molar refractivity (Wildman–Crippen MR) is 113 cm³/mol. The van der Waals surface area contributed by atoms with Crippen LogP contribution >= 0.6 is 11.7 Å². The summed E-state index contributed by atoms with van der Waals surface area (Å²) in [7, 11) is 0. The molecular weight excluding hydrogens is 404 g/mol. The summed E-state index contributed by atoms with van der Waals surface area (Å²) in [6.45, 7) is 1.88. The van der Waals surface area contributed by atoms with E-state index in [0.29, 0.717) is 16.7 Å². The van der Waals surface area contributed by atoms with Gasteiger partial charge in [-0.15, -0.1) is 0 Å². The lowest BCUT2D eigenvalue weighted by molar-refractivity contribution is -0.151. The predicted octanol–water partition coefficient (Wildman–Crippen LogP) is 2.79. The van der Waals surface area contributed by atoms with E-state index in [1.54, 1.807) is 23.1 Å². The molecule has 1 aromatic heterocycles. The van der Waals surface area contributed by atoms with Crippen molar-refractivity contribution in [3.63, 3.8) is 0 Å². The molecule has 8 nitrogen and oxygen atoms in total. The van der Waals surface area contributed by atoms with Crippen molar-refractivity contribution in [3.8, 4) is 0 Å². The molecule has 2 amide bonds. The fraction of sp³-hybridized carbons (Fsp3) is 0.286. The van der Waals surface area contributed by atoms with Gasteiger partial charge in [0.05, 0.1) is 23.3 Å². The van der Waals surface area contributed by atoms with Crippen LogP contribution in [-0.2, 0) is 25.5 Å². The van der Waals surface area contributed by atoms with Gasteiger partial charge in [-0.2, -0.15) is 8.75 Å². The average molecular weight is 424 g/mol. The molecule has 3 aromatic rings. The van der Waals surface area contributed by atoms with Crippen LogP contribution in [0.5, 0.6) is 0 Å². The number of hydrogen-bond donors (Lipinski definition) is 1. The molecule has 1 unspecified atom stereocenters. The molecule has 0 spiro atoms. The molecular formula is C21H20N4O4S. The van der Waals surface area contributed by atoms with Crippen LogP contribution in [0.3, 0.4) is 0 Å². The Hall–Kier alpha value is -3.33. The van der Waals surface area contributed by atoms with E-state index in [0.717, 1.165) is 23.8 Å². The van der Waals surface area contributed by atoms with Crippen molar-refractivity contribution in [3.05, 3.63) is 48.0 Å². The molecule has 1 aliphatic heterocycles. The fourth-order valence-electron chi connectivity index (χ4n) is 3.37. The largest absolute Gasteiger partial charge is 0.455 e. The number of anilines is 2. The number of esters is 1. The van der Waals surface area contributed by atoms with Gasteiger partial charge in [-0.05, 0) is 36.2 Å². The third-order valence-corrected chi connectivity index (χ3v) is 5.56. The minimum absolute atomic E-state index is 0.0692. The third-order valence-electron chi connectivity index (χ3n) is 5.02. The van der Waals surface area contributed by atoms with Crippen LogP contribution in [0.25, 0.3) is 11.0 Å². The first-order chi connectivity index (χ1) is 14.5. The number of rotatable bonds is 6. The molecule has 0 bridgehead atoms. The Morgan fingerprint density at radius 3 is 2.77 bits per heavy atom. The van der Waals surface area contributed by atoms with Crippen LogP contribution in [0.15, 0.2) is 42.5 Å². The second kappa shape index (κ2) is 8.58. The Morgan fingerprint density at radius 1 is 1.20 bits per heavy atom. The van der Waals surface area contributed by atoms with Gasteiger partial charge in [-0.1, -0.05) is 25.1 Å². The maximum atomic E-state index is 12.4. The van der Waals surface area contributed by atoms with Gasteiger partial charge in [0.25, 0.3) is 5.91 Å². The van der Waals surface area contributed by atoms with Crippen LogP contribution in [0.4, 0.5) is 11.4 Å². The van der Waals surface area contributed by atoms with Gasteiger partial charge in [0.2, 0.25) is 5.91 Å². The molecule has 0 saturated carbocycles. The number of aromatic nitrogens is 2. The number of amides is 2. The Morgan fingerprint density at radius 2 is 2.00 bits per heavy atom. The van der Waals surface area contributed by atoms with Crippen molar-refractivity contribution in [1.82, 2.24) is 8.75 Å². The summed E-state index contributed by atoms with van der Waals surface area (Å²) in [5.41, 5.74) is 3.73. The average Bonchev–Trinajstić information content (AvgIpc) is 3.39. The molecule has 2 aromatic carbocycles. The van der Waals surface area contributed by atoms with Gasteiger partial charge in [-0.25, -0.2) is 0 Å². The van der Waals surface area contributed by atoms with Crippen LogP contribution in [0.1, 0.15) is 18.9 Å². The normalized spacial score (nSPS) is 16.1. The smallest absolute Gasteiger partial charge is 0.311 e. The van der Waals surface area contributed by atoms with Crippen molar-refractivity contribution in [2.45, 2.75) is 19.8 Å². The molecule has 1 N–H and O–H groups in total. The highest BCUT2D eigenvalue weighted by atomic mass is 32.1. The molecule has 4 rings (SSSR count). The first kappa shape index (κ1) is 20.0. The van der Waals surface area contributed by atoms with E-state index >= 15 is 0 Å². The lowest BCUT2D eigenvalue weighted by Crippen LogP contribution is -2.28. The van der Waals surface area contributed by atoms with Crippen molar-refractivity contribution in [1.29, 1.82) is 0 Å². The lowest BCUT2D eigenvalue weighted by Gasteiger charge is -2.17. The molecule has 2 heterocycles. The quantitative estimate of drug-likeness (QED) is 0.611. The first-order valence-corrected chi connectivity index (χ1v) is 10.3. The molecule has 1 atom stereocenters. The zero-order chi connectivity index (χ0) is 21.1. The Balaban J connectivity index is 1.32. The number of nitrogens with zero attached hydrogens (tertiary/aromatic N) is 3. The standard InChI is InChI=1S/C21H20N4O4S/c1-2-13-6-8-15(9-7-13)25-11-14(10-19(25)27)21(28)29-12-18(26)22-16-4-3-5-17-20(16)24-30-23-17/h3-9,14H,2,10-12H2,1H3,(H,22,26). The molecule has 0 radical (unpaired) electrons. The minimum Gasteiger partial charge on any atom is -0.455 e. The number of hydrogen-bond acceptors (Lipinski definition) is 7. The minimum atomic E-state index is -0.595. The summed E-state index contributed by atoms with van der Waals surface area (Å²) in [5.74, 6) is -1.75. The molecule has 30 heavy (non-hydrogen) atoms. The highest BCUT2D eigenvalue weighted by molar-refractivity contribution is 7.00. The zero-order valence-corrected chi connectivity index (χ0v) is 17.1. The van der Waals surface area contributed by atoms with Crippen molar-refractivity contribution < 1.29 is 19.1 Å². The van der Waals surface area contributed by atoms with Crippen LogP contribution < -0.4 is 10.2 Å². The maximum absolute atomic E-state index is 12.4. The van der Waals surface area contributed by atoms with Crippen molar-refractivity contribution in [2.24, 2.45) is 5.92 Å². The number of fused-ring (bicyclic) bond motifs is 1. The number of carbonyl (C=O) groups excluding carboxylic acids is 3. The number of carbonyl (C=O) groups is 3. The molecule has 1 fully saturated rings. The fourth-order valence-corrected chi connectivity index (χ4v) is 3.92. The van der Waals surface area contributed by atoms with Crippen molar-refractivity contribution in [2.75, 3.05) is 23.4 Å². The monoisotopic (exact) mass is 424 g/mol. The molecule has 154 valence electrons. The Kier molecular flexibility index (Phi) is 5.71. The molecule has 1 aliphatic rings. The maximum Gasteiger partial charge on any atom is 0.311 e. The lowest BCUT2D eigenvalue weighted by atomic mass is 10.1. The van der Waals surface area contributed by atoms with Gasteiger partial charge < -0.3 is 15.0 Å². The SMILES string of the molecule is CCc1ccc(N2CC(C(=O)OCC(=O)Nc3cccc4nsnc34)CC2=O)cc1. The Bertz CT molecular complexity index is 1100. The highest BCUT2D eigenvalue weighted by Gasteiger charge is 2.36. The summed E-state index contributed by atoms with van der Waals surface area (Å²) in [6, 6.07) is 13.0. The van der Waals surface area contributed by atoms with Gasteiger partial charge in [0.15, 0.2) is 6.61 Å². The van der Waals surface area contributed by atoms with E-state index in [4.69, 9.17) is 4.74 Å². The number of benzene rings is 2. The topological polar surface area (TPSA) is 101 Å². The van der Waals surface area contributed by atoms with Gasteiger partial charge in [0, 0.05) is 18.7 Å². The van der Waals surface area contributed by atoms with E-state index in [9.17, 15) is 14.4 Å². The summed E-state index contributed by atoms with van der Waals surface area (Å²) in [5, 5.41) is 2.68. The van der Waals surface area contributed by atoms with Crippen LogP contribution in [-0.4, -0.2) is 39.7 Å². The van der Waals surface area contributed by atoms with E-state index in [2.05, 4.69) is 21.0 Å². The highest BCUT2D eigenvalue weighted by Crippen LogP contribution is 2.26. The molecule has 1 saturated heterocycles. The zero-order valence-electron chi connectivity index (χ0n) is 16.3. The van der Waals surface area contributed by atoms with Gasteiger partial charge >= 0.3 is 5.97 Å².